The number of ketones is 1. The first-order chi connectivity index (χ1) is 26.4. The van der Waals surface area contributed by atoms with Gasteiger partial charge in [-0.3, -0.25) is 14.4 Å². The van der Waals surface area contributed by atoms with Crippen molar-refractivity contribution in [1.82, 2.24) is 9.88 Å². The average molecular weight is 785 g/mol. The zero-order valence-electron chi connectivity index (χ0n) is 34.0. The number of aromatic nitrogens is 1. The van der Waals surface area contributed by atoms with E-state index in [0.29, 0.717) is 45.0 Å². The zero-order valence-corrected chi connectivity index (χ0v) is 35.0. The maximum atomic E-state index is 14.6. The van der Waals surface area contributed by atoms with Crippen molar-refractivity contribution >= 4 is 38.0 Å². The molecule has 4 rings (SSSR count). The Labute approximate surface area is 330 Å². The molecule has 12 heteroatoms. The van der Waals surface area contributed by atoms with Gasteiger partial charge in [-0.2, -0.15) is 0 Å². The van der Waals surface area contributed by atoms with Gasteiger partial charge in [0.15, 0.2) is 14.1 Å². The smallest absolute Gasteiger partial charge is 0.337 e. The molecule has 0 saturated heterocycles. The fourth-order valence-electron chi connectivity index (χ4n) is 6.20. The van der Waals surface area contributed by atoms with Crippen molar-refractivity contribution in [2.75, 3.05) is 21.3 Å². The Kier molecular flexibility index (Phi) is 14.4. The van der Waals surface area contributed by atoms with Crippen LogP contribution >= 0.6 is 0 Å². The van der Waals surface area contributed by atoms with E-state index in [2.05, 4.69) is 39.2 Å². The number of rotatable bonds is 16. The topological polar surface area (TPSA) is 122 Å². The number of esters is 2. The maximum absolute atomic E-state index is 14.6. The molecular weight excluding hydrogens is 732 g/mol. The van der Waals surface area contributed by atoms with Crippen LogP contribution in [0.1, 0.15) is 85.6 Å². The Hall–Kier alpha value is -5.33. The summed E-state index contributed by atoms with van der Waals surface area (Å²) in [5, 5.41) is 2.88. The van der Waals surface area contributed by atoms with Crippen molar-refractivity contribution in [3.63, 3.8) is 0 Å². The first-order valence-electron chi connectivity index (χ1n) is 18.5. The first-order valence-corrected chi connectivity index (χ1v) is 21.4. The highest BCUT2D eigenvalue weighted by molar-refractivity contribution is 6.74. The first kappa shape index (κ1) is 43.4. The molecule has 1 aromatic heterocycles. The van der Waals surface area contributed by atoms with E-state index in [4.69, 9.17) is 18.6 Å². The van der Waals surface area contributed by atoms with Crippen LogP contribution in [-0.4, -0.2) is 63.9 Å². The number of nitrogens with one attached hydrogen (secondary N) is 1. The lowest BCUT2D eigenvalue weighted by Gasteiger charge is -2.39. The summed E-state index contributed by atoms with van der Waals surface area (Å²) in [6, 6.07) is 20.0. The van der Waals surface area contributed by atoms with Gasteiger partial charge in [-0.25, -0.2) is 9.18 Å². The maximum Gasteiger partial charge on any atom is 0.337 e. The summed E-state index contributed by atoms with van der Waals surface area (Å²) in [6.07, 6.45) is 2.28. The van der Waals surface area contributed by atoms with Crippen LogP contribution in [0.15, 0.2) is 78.9 Å². The van der Waals surface area contributed by atoms with Crippen LogP contribution in [-0.2, 0) is 30.0 Å². The van der Waals surface area contributed by atoms with Crippen molar-refractivity contribution in [3.8, 4) is 28.0 Å². The minimum Gasteiger partial charge on any atom is -0.496 e. The van der Waals surface area contributed by atoms with Crippen LogP contribution in [0.3, 0.4) is 0 Å². The predicted molar refractivity (Wildman–Crippen MR) is 219 cm³/mol. The van der Waals surface area contributed by atoms with Crippen LogP contribution in [0.4, 0.5) is 4.39 Å². The van der Waals surface area contributed by atoms with Crippen molar-refractivity contribution in [2.45, 2.75) is 84.3 Å². The highest BCUT2D eigenvalue weighted by Crippen LogP contribution is 2.43. The Morgan fingerprint density at radius 2 is 1.50 bits per heavy atom. The van der Waals surface area contributed by atoms with E-state index < -0.39 is 38.1 Å². The van der Waals surface area contributed by atoms with E-state index >= 15 is 0 Å². The van der Waals surface area contributed by atoms with E-state index in [0.717, 1.165) is 5.56 Å². The average Bonchev–Trinajstić information content (AvgIpc) is 3.51. The number of allylic oxidation sites excluding steroid dienone is 1. The van der Waals surface area contributed by atoms with E-state index in [-0.39, 0.29) is 36.2 Å². The van der Waals surface area contributed by atoms with Gasteiger partial charge in [-0.15, -0.1) is 0 Å². The third kappa shape index (κ3) is 10.3. The molecule has 10 nitrogen and oxygen atoms in total. The van der Waals surface area contributed by atoms with Crippen LogP contribution in [0, 0.1) is 5.82 Å². The highest BCUT2D eigenvalue weighted by Gasteiger charge is 2.40. The van der Waals surface area contributed by atoms with Gasteiger partial charge < -0.3 is 28.5 Å². The molecule has 1 N–H and O–H groups in total. The molecule has 0 saturated carbocycles. The number of hydrogen-bond donors (Lipinski definition) is 1. The standard InChI is InChI=1S/C44H53FN2O8Si/c1-28(2)47-36(23-22-34(48)25-35(26-38(49)53-7)55-56(9,10)44(3,4)5)39(30-18-20-33(45)21-19-30)40(29-14-12-11-13-15-29)41(47)42(50)46-27-32-17-16-31(43(51)54-8)24-37(32)52-6/h11-24,28,35H,25-27H2,1-10H3,(H,46,50)/b23-22+/t35-/m1/s1. The highest BCUT2D eigenvalue weighted by atomic mass is 28.4. The molecule has 56 heavy (non-hydrogen) atoms. The third-order valence-corrected chi connectivity index (χ3v) is 14.6. The van der Waals surface area contributed by atoms with Gasteiger partial charge >= 0.3 is 11.9 Å². The molecule has 0 unspecified atom stereocenters. The fraction of sp³-hybridized carbons (Fsp3) is 0.364. The molecule has 4 aromatic rings. The lowest BCUT2D eigenvalue weighted by molar-refractivity contribution is -0.142. The van der Waals surface area contributed by atoms with Crippen molar-refractivity contribution in [2.24, 2.45) is 0 Å². The number of nitrogens with zero attached hydrogens (tertiary/aromatic N) is 1. The van der Waals surface area contributed by atoms with Crippen molar-refractivity contribution in [3.05, 3.63) is 107 Å². The molecule has 0 radical (unpaired) electrons. The summed E-state index contributed by atoms with van der Waals surface area (Å²) < 4.78 is 38.1. The van der Waals surface area contributed by atoms with Gasteiger partial charge in [-0.1, -0.05) is 69.3 Å². The normalized spacial score (nSPS) is 12.4. The minimum atomic E-state index is -2.38. The van der Waals surface area contributed by atoms with Gasteiger partial charge in [-0.05, 0) is 79.5 Å². The van der Waals surface area contributed by atoms with E-state index in [1.165, 1.54) is 39.5 Å². The monoisotopic (exact) mass is 784 g/mol. The fourth-order valence-corrected chi connectivity index (χ4v) is 7.56. The van der Waals surface area contributed by atoms with E-state index in [9.17, 15) is 23.6 Å². The van der Waals surface area contributed by atoms with Crippen LogP contribution in [0.25, 0.3) is 28.3 Å². The lowest BCUT2D eigenvalue weighted by Crippen LogP contribution is -2.44. The Morgan fingerprint density at radius 1 is 0.857 bits per heavy atom. The second-order valence-electron chi connectivity index (χ2n) is 15.3. The Balaban J connectivity index is 1.87. The molecular formula is C44H53FN2O8Si. The van der Waals surface area contributed by atoms with Gasteiger partial charge in [0.2, 0.25) is 0 Å². The van der Waals surface area contributed by atoms with Crippen LogP contribution in [0.2, 0.25) is 18.1 Å². The molecule has 3 aromatic carbocycles. The summed E-state index contributed by atoms with van der Waals surface area (Å²) in [7, 11) is 1.70. The SMILES string of the molecule is COC(=O)C[C@@H](CC(=O)/C=C/c1c(-c2ccc(F)cc2)c(-c2ccccc2)c(C(=O)NCc2ccc(C(=O)OC)cc2OC)n1C(C)C)O[Si](C)(C)C(C)(C)C. The largest absolute Gasteiger partial charge is 0.496 e. The van der Waals surface area contributed by atoms with E-state index in [1.807, 2.05) is 48.7 Å². The molecule has 0 fully saturated rings. The summed E-state index contributed by atoms with van der Waals surface area (Å²) in [5.41, 5.74) is 4.40. The number of carbonyl (C=O) groups excluding carboxylic acids is 4. The molecule has 1 amide bonds. The van der Waals surface area contributed by atoms with Gasteiger partial charge in [0.25, 0.3) is 5.91 Å². The number of ether oxygens (including phenoxy) is 3. The van der Waals surface area contributed by atoms with Crippen LogP contribution < -0.4 is 10.1 Å². The second kappa shape index (κ2) is 18.5. The summed E-state index contributed by atoms with van der Waals surface area (Å²) in [5.74, 6) is -1.71. The number of halogens is 1. The molecule has 0 bridgehead atoms. The molecule has 1 atom stereocenters. The summed E-state index contributed by atoms with van der Waals surface area (Å²) in [6.45, 7) is 14.3. The summed E-state index contributed by atoms with van der Waals surface area (Å²) in [4.78, 5) is 53.0. The number of carbonyl (C=O) groups is 4. The number of amides is 1. The second-order valence-corrected chi connectivity index (χ2v) is 20.1. The lowest BCUT2D eigenvalue weighted by atomic mass is 9.94. The Bertz CT molecular complexity index is 2060. The molecule has 1 heterocycles. The van der Waals surface area contributed by atoms with Gasteiger partial charge in [0.05, 0.1) is 45.1 Å². The number of methoxy groups -OCH3 is 3. The third-order valence-electron chi connectivity index (χ3n) is 10.1. The van der Waals surface area contributed by atoms with E-state index in [1.54, 1.807) is 36.4 Å². The molecule has 0 spiro atoms. The van der Waals surface area contributed by atoms with Crippen molar-refractivity contribution < 1.29 is 42.2 Å². The summed E-state index contributed by atoms with van der Waals surface area (Å²) >= 11 is 0. The predicted octanol–water partition coefficient (Wildman–Crippen LogP) is 9.19. The molecule has 0 aliphatic rings. The Morgan fingerprint density at radius 3 is 2.07 bits per heavy atom. The van der Waals surface area contributed by atoms with Gasteiger partial charge in [0.1, 0.15) is 17.3 Å². The van der Waals surface area contributed by atoms with Crippen LogP contribution in [0.5, 0.6) is 5.75 Å². The van der Waals surface area contributed by atoms with Gasteiger partial charge in [0, 0.05) is 35.7 Å². The number of benzene rings is 3. The van der Waals surface area contributed by atoms with Crippen molar-refractivity contribution in [1.29, 1.82) is 0 Å². The zero-order chi connectivity index (χ0) is 41.4. The molecule has 0 aliphatic carbocycles. The molecule has 0 aliphatic heterocycles. The minimum absolute atomic E-state index is 0.0618. The molecule has 298 valence electrons. The quantitative estimate of drug-likeness (QED) is 0.0678. The number of hydrogen-bond acceptors (Lipinski definition) is 8.